The number of hydrogen-bond acceptors (Lipinski definition) is 2. The zero-order valence-corrected chi connectivity index (χ0v) is 7.09. The minimum absolute atomic E-state index is 0.00778. The van der Waals surface area contributed by atoms with Crippen molar-refractivity contribution in [3.05, 3.63) is 0 Å². The van der Waals surface area contributed by atoms with E-state index in [1.54, 1.807) is 0 Å². The Kier molecular flexibility index (Phi) is 2.88. The Hall–Kier alpha value is -0.570. The fraction of sp³-hybridized carbons (Fsp3) is 0.875. The number of carbonyl (C=O) groups excluding carboxylic acids is 1. The van der Waals surface area contributed by atoms with Crippen molar-refractivity contribution in [3.8, 4) is 0 Å². The Labute approximate surface area is 67.1 Å². The summed E-state index contributed by atoms with van der Waals surface area (Å²) in [5.41, 5.74) is 0. The molecule has 0 spiro atoms. The standard InChI is InChI=1S/C8H15NO2/c1-6-3-7(6)4-9-8(10)5-11-2/h6-7H,3-5H2,1-2H3,(H,9,10). The second kappa shape index (κ2) is 3.72. The Bertz CT molecular complexity index is 147. The highest BCUT2D eigenvalue weighted by Gasteiger charge is 2.32. The number of methoxy groups -OCH3 is 1. The van der Waals surface area contributed by atoms with E-state index in [1.807, 2.05) is 0 Å². The Morgan fingerprint density at radius 1 is 1.73 bits per heavy atom. The monoisotopic (exact) mass is 157 g/mol. The maximum atomic E-state index is 10.8. The lowest BCUT2D eigenvalue weighted by Gasteiger charge is -2.01. The van der Waals surface area contributed by atoms with Gasteiger partial charge in [0.15, 0.2) is 0 Å². The first kappa shape index (κ1) is 8.53. The first-order valence-corrected chi connectivity index (χ1v) is 3.99. The van der Waals surface area contributed by atoms with Crippen molar-refractivity contribution in [2.75, 3.05) is 20.3 Å². The summed E-state index contributed by atoms with van der Waals surface area (Å²) in [4.78, 5) is 10.8. The molecule has 1 saturated carbocycles. The van der Waals surface area contributed by atoms with Crippen LogP contribution >= 0.6 is 0 Å². The van der Waals surface area contributed by atoms with Crippen LogP contribution in [0, 0.1) is 11.8 Å². The fourth-order valence-corrected chi connectivity index (χ4v) is 1.11. The molecule has 2 atom stereocenters. The summed E-state index contributed by atoms with van der Waals surface area (Å²) in [6.07, 6.45) is 1.26. The Morgan fingerprint density at radius 3 is 2.82 bits per heavy atom. The van der Waals surface area contributed by atoms with E-state index < -0.39 is 0 Å². The average Bonchev–Trinajstić information content (AvgIpc) is 2.63. The lowest BCUT2D eigenvalue weighted by Crippen LogP contribution is -2.29. The number of amides is 1. The van der Waals surface area contributed by atoms with Crippen LogP contribution < -0.4 is 5.32 Å². The normalized spacial score (nSPS) is 28.2. The lowest BCUT2D eigenvalue weighted by atomic mass is 10.3. The highest BCUT2D eigenvalue weighted by atomic mass is 16.5. The third-order valence-corrected chi connectivity index (χ3v) is 2.11. The van der Waals surface area contributed by atoms with Crippen molar-refractivity contribution in [1.82, 2.24) is 5.32 Å². The van der Waals surface area contributed by atoms with Gasteiger partial charge >= 0.3 is 0 Å². The molecule has 0 aromatic carbocycles. The molecule has 1 fully saturated rings. The van der Waals surface area contributed by atoms with Gasteiger partial charge in [0.25, 0.3) is 0 Å². The maximum Gasteiger partial charge on any atom is 0.245 e. The molecule has 0 heterocycles. The number of ether oxygens (including phenoxy) is 1. The van der Waals surface area contributed by atoms with E-state index in [9.17, 15) is 4.79 Å². The van der Waals surface area contributed by atoms with Crippen LogP contribution in [0.2, 0.25) is 0 Å². The molecule has 1 aliphatic carbocycles. The average molecular weight is 157 g/mol. The van der Waals surface area contributed by atoms with Crippen LogP contribution in [0.1, 0.15) is 13.3 Å². The summed E-state index contributed by atoms with van der Waals surface area (Å²) in [6.45, 7) is 3.21. The van der Waals surface area contributed by atoms with Crippen LogP contribution in [0.4, 0.5) is 0 Å². The fourth-order valence-electron chi connectivity index (χ4n) is 1.11. The quantitative estimate of drug-likeness (QED) is 0.641. The molecule has 2 unspecified atom stereocenters. The molecule has 64 valence electrons. The highest BCUT2D eigenvalue weighted by molar-refractivity contribution is 5.77. The van der Waals surface area contributed by atoms with Gasteiger partial charge in [0.2, 0.25) is 5.91 Å². The third kappa shape index (κ3) is 2.89. The summed E-state index contributed by atoms with van der Waals surface area (Å²) in [5.74, 6) is 1.51. The van der Waals surface area contributed by atoms with E-state index in [0.717, 1.165) is 18.4 Å². The van der Waals surface area contributed by atoms with Gasteiger partial charge in [0.1, 0.15) is 6.61 Å². The molecular weight excluding hydrogens is 142 g/mol. The van der Waals surface area contributed by atoms with Crippen LogP contribution in [-0.2, 0) is 9.53 Å². The SMILES string of the molecule is COCC(=O)NCC1CC1C. The van der Waals surface area contributed by atoms with Crippen molar-refractivity contribution in [2.24, 2.45) is 11.8 Å². The van der Waals surface area contributed by atoms with Crippen molar-refractivity contribution < 1.29 is 9.53 Å². The minimum atomic E-state index is -0.00778. The molecule has 0 radical (unpaired) electrons. The molecular formula is C8H15NO2. The number of rotatable bonds is 4. The summed E-state index contributed by atoms with van der Waals surface area (Å²) in [6, 6.07) is 0. The molecule has 3 nitrogen and oxygen atoms in total. The molecule has 3 heteroatoms. The van der Waals surface area contributed by atoms with E-state index in [2.05, 4.69) is 17.0 Å². The molecule has 0 aliphatic heterocycles. The van der Waals surface area contributed by atoms with Gasteiger partial charge in [-0.25, -0.2) is 0 Å². The van der Waals surface area contributed by atoms with E-state index in [0.29, 0.717) is 0 Å². The van der Waals surface area contributed by atoms with Gasteiger partial charge in [0, 0.05) is 13.7 Å². The van der Waals surface area contributed by atoms with E-state index in [1.165, 1.54) is 13.5 Å². The van der Waals surface area contributed by atoms with Gasteiger partial charge in [0.05, 0.1) is 0 Å². The summed E-state index contributed by atoms with van der Waals surface area (Å²) < 4.78 is 4.67. The van der Waals surface area contributed by atoms with Gasteiger partial charge in [-0.2, -0.15) is 0 Å². The minimum Gasteiger partial charge on any atom is -0.375 e. The van der Waals surface area contributed by atoms with Crippen molar-refractivity contribution in [1.29, 1.82) is 0 Å². The molecule has 1 aliphatic rings. The maximum absolute atomic E-state index is 10.8. The zero-order valence-electron chi connectivity index (χ0n) is 7.09. The molecule has 11 heavy (non-hydrogen) atoms. The van der Waals surface area contributed by atoms with Gasteiger partial charge in [-0.15, -0.1) is 0 Å². The second-order valence-electron chi connectivity index (χ2n) is 3.21. The predicted octanol–water partition coefficient (Wildman–Crippen LogP) is 0.405. The number of carbonyl (C=O) groups is 1. The smallest absolute Gasteiger partial charge is 0.245 e. The third-order valence-electron chi connectivity index (χ3n) is 2.11. The van der Waals surface area contributed by atoms with Crippen LogP contribution in [0.25, 0.3) is 0 Å². The Balaban J connectivity index is 1.98. The van der Waals surface area contributed by atoms with Crippen LogP contribution in [0.15, 0.2) is 0 Å². The van der Waals surface area contributed by atoms with Gasteiger partial charge in [-0.3, -0.25) is 4.79 Å². The van der Waals surface area contributed by atoms with E-state index in [4.69, 9.17) is 0 Å². The molecule has 1 amide bonds. The topological polar surface area (TPSA) is 38.3 Å². The molecule has 0 aromatic rings. The summed E-state index contributed by atoms with van der Waals surface area (Å²) >= 11 is 0. The van der Waals surface area contributed by atoms with Crippen LogP contribution in [0.3, 0.4) is 0 Å². The first-order chi connectivity index (χ1) is 5.24. The molecule has 0 bridgehead atoms. The highest BCUT2D eigenvalue weighted by Crippen LogP contribution is 2.36. The molecule has 1 rings (SSSR count). The molecule has 0 saturated heterocycles. The number of hydrogen-bond donors (Lipinski definition) is 1. The van der Waals surface area contributed by atoms with Crippen molar-refractivity contribution in [2.45, 2.75) is 13.3 Å². The van der Waals surface area contributed by atoms with Gasteiger partial charge in [-0.05, 0) is 18.3 Å². The van der Waals surface area contributed by atoms with Gasteiger partial charge < -0.3 is 10.1 Å². The van der Waals surface area contributed by atoms with Crippen LogP contribution in [-0.4, -0.2) is 26.2 Å². The second-order valence-corrected chi connectivity index (χ2v) is 3.21. The summed E-state index contributed by atoms with van der Waals surface area (Å²) in [7, 11) is 1.53. The first-order valence-electron chi connectivity index (χ1n) is 3.99. The zero-order chi connectivity index (χ0) is 8.27. The molecule has 1 N–H and O–H groups in total. The lowest BCUT2D eigenvalue weighted by molar-refractivity contribution is -0.124. The summed E-state index contributed by atoms with van der Waals surface area (Å²) in [5, 5.41) is 2.81. The van der Waals surface area contributed by atoms with Gasteiger partial charge in [-0.1, -0.05) is 6.92 Å². The number of nitrogens with one attached hydrogen (secondary N) is 1. The van der Waals surface area contributed by atoms with Crippen molar-refractivity contribution >= 4 is 5.91 Å². The van der Waals surface area contributed by atoms with Crippen molar-refractivity contribution in [3.63, 3.8) is 0 Å². The largest absolute Gasteiger partial charge is 0.375 e. The Morgan fingerprint density at radius 2 is 2.36 bits per heavy atom. The van der Waals surface area contributed by atoms with E-state index in [-0.39, 0.29) is 12.5 Å². The van der Waals surface area contributed by atoms with Crippen LogP contribution in [0.5, 0.6) is 0 Å². The molecule has 0 aromatic heterocycles. The predicted molar refractivity (Wildman–Crippen MR) is 42.2 cm³/mol. The van der Waals surface area contributed by atoms with E-state index >= 15 is 0 Å².